The fraction of sp³-hybridized carbons (Fsp3) is 0.462. The third-order valence-electron chi connectivity index (χ3n) is 2.76. The normalized spacial score (nSPS) is 12.6. The number of nitrogens with zero attached hydrogens (tertiary/aromatic N) is 1. The minimum atomic E-state index is -2.90. The molecule has 0 heterocycles. The number of hydrogen-bond donors (Lipinski definition) is 1. The van der Waals surface area contributed by atoms with Crippen molar-refractivity contribution in [2.24, 2.45) is 0 Å². The molecule has 6 heteroatoms. The van der Waals surface area contributed by atoms with Crippen LogP contribution in [0.4, 0.5) is 8.78 Å². The molecule has 0 aliphatic rings. The van der Waals surface area contributed by atoms with Crippen molar-refractivity contribution in [2.75, 3.05) is 20.6 Å². The molecular formula is C13H18F2N2O2. The number of rotatable bonds is 6. The molecule has 0 saturated carbocycles. The number of likely N-dealkylation sites (N-methyl/N-ethyl adjacent to an activating group) is 1. The highest BCUT2D eigenvalue weighted by Gasteiger charge is 2.11. The predicted octanol–water partition coefficient (Wildman–Crippen LogP) is 1.97. The van der Waals surface area contributed by atoms with Gasteiger partial charge in [-0.05, 0) is 39.2 Å². The zero-order valence-electron chi connectivity index (χ0n) is 11.2. The highest BCUT2D eigenvalue weighted by Crippen LogP contribution is 2.15. The smallest absolute Gasteiger partial charge is 0.387 e. The molecule has 106 valence electrons. The van der Waals surface area contributed by atoms with Crippen molar-refractivity contribution in [1.82, 2.24) is 10.2 Å². The minimum Gasteiger partial charge on any atom is -0.435 e. The molecule has 19 heavy (non-hydrogen) atoms. The first kappa shape index (κ1) is 15.4. The van der Waals surface area contributed by atoms with Crippen LogP contribution in [0.3, 0.4) is 0 Å². The molecule has 4 nitrogen and oxygen atoms in total. The number of ether oxygens (including phenoxy) is 1. The van der Waals surface area contributed by atoms with Crippen LogP contribution in [0.25, 0.3) is 0 Å². The Morgan fingerprint density at radius 3 is 2.68 bits per heavy atom. The molecule has 1 atom stereocenters. The van der Waals surface area contributed by atoms with E-state index >= 15 is 0 Å². The van der Waals surface area contributed by atoms with Crippen molar-refractivity contribution in [3.63, 3.8) is 0 Å². The zero-order valence-corrected chi connectivity index (χ0v) is 11.2. The summed E-state index contributed by atoms with van der Waals surface area (Å²) in [6, 6.07) is 5.91. The lowest BCUT2D eigenvalue weighted by molar-refractivity contribution is -0.0498. The third-order valence-corrected chi connectivity index (χ3v) is 2.76. The molecule has 1 N–H and O–H groups in total. The fourth-order valence-corrected chi connectivity index (χ4v) is 1.34. The van der Waals surface area contributed by atoms with Crippen molar-refractivity contribution in [3.05, 3.63) is 29.8 Å². The van der Waals surface area contributed by atoms with Crippen LogP contribution in [0, 0.1) is 0 Å². The number of halogens is 2. The second kappa shape index (κ2) is 7.04. The van der Waals surface area contributed by atoms with Gasteiger partial charge in [0.2, 0.25) is 0 Å². The minimum absolute atomic E-state index is 0.0247. The number of benzene rings is 1. The van der Waals surface area contributed by atoms with Gasteiger partial charge in [-0.25, -0.2) is 0 Å². The van der Waals surface area contributed by atoms with Crippen LogP contribution in [-0.4, -0.2) is 44.1 Å². The van der Waals surface area contributed by atoms with Gasteiger partial charge < -0.3 is 15.0 Å². The molecule has 1 amide bonds. The van der Waals surface area contributed by atoms with E-state index < -0.39 is 6.61 Å². The Kier molecular flexibility index (Phi) is 5.69. The highest BCUT2D eigenvalue weighted by molar-refractivity contribution is 5.94. The fourth-order valence-electron chi connectivity index (χ4n) is 1.34. The van der Waals surface area contributed by atoms with Gasteiger partial charge in [0.25, 0.3) is 5.91 Å². The Morgan fingerprint density at radius 1 is 1.42 bits per heavy atom. The lowest BCUT2D eigenvalue weighted by Gasteiger charge is -2.20. The number of alkyl halides is 2. The van der Waals surface area contributed by atoms with Gasteiger partial charge in [0, 0.05) is 18.2 Å². The number of carbonyl (C=O) groups excluding carboxylic acids is 1. The molecule has 0 spiro atoms. The van der Waals surface area contributed by atoms with E-state index in [4.69, 9.17) is 0 Å². The Bertz CT molecular complexity index is 425. The summed E-state index contributed by atoms with van der Waals surface area (Å²) < 4.78 is 28.4. The van der Waals surface area contributed by atoms with E-state index in [1.54, 1.807) is 6.07 Å². The van der Waals surface area contributed by atoms with E-state index in [2.05, 4.69) is 10.1 Å². The Hall–Kier alpha value is -1.69. The predicted molar refractivity (Wildman–Crippen MR) is 68.6 cm³/mol. The SMILES string of the molecule is C[C@@H](CNC(=O)c1cccc(OC(F)F)c1)N(C)C. The second-order valence-corrected chi connectivity index (χ2v) is 4.43. The van der Waals surface area contributed by atoms with Gasteiger partial charge in [-0.2, -0.15) is 8.78 Å². The van der Waals surface area contributed by atoms with Crippen LogP contribution in [-0.2, 0) is 0 Å². The summed E-state index contributed by atoms with van der Waals surface area (Å²) in [5, 5.41) is 2.74. The summed E-state index contributed by atoms with van der Waals surface area (Å²) in [5.74, 6) is -0.336. The summed E-state index contributed by atoms with van der Waals surface area (Å²) >= 11 is 0. The Balaban J connectivity index is 2.61. The molecule has 0 aliphatic heterocycles. The third kappa shape index (κ3) is 5.21. The maximum atomic E-state index is 12.1. The van der Waals surface area contributed by atoms with Crippen molar-refractivity contribution in [1.29, 1.82) is 0 Å². The number of carbonyl (C=O) groups is 1. The first-order chi connectivity index (χ1) is 8.90. The van der Waals surface area contributed by atoms with Crippen LogP contribution in [0.2, 0.25) is 0 Å². The molecule has 0 aliphatic carbocycles. The second-order valence-electron chi connectivity index (χ2n) is 4.43. The van der Waals surface area contributed by atoms with E-state index in [0.29, 0.717) is 12.1 Å². The van der Waals surface area contributed by atoms with Crippen LogP contribution < -0.4 is 10.1 Å². The lowest BCUT2D eigenvalue weighted by Crippen LogP contribution is -2.38. The Morgan fingerprint density at radius 2 is 2.11 bits per heavy atom. The molecular weight excluding hydrogens is 254 g/mol. The summed E-state index contributed by atoms with van der Waals surface area (Å²) in [4.78, 5) is 13.8. The maximum absolute atomic E-state index is 12.1. The molecule has 0 radical (unpaired) electrons. The molecule has 0 aromatic heterocycles. The quantitative estimate of drug-likeness (QED) is 0.861. The lowest BCUT2D eigenvalue weighted by atomic mass is 10.2. The van der Waals surface area contributed by atoms with Crippen molar-refractivity contribution < 1.29 is 18.3 Å². The van der Waals surface area contributed by atoms with Crippen LogP contribution in [0.15, 0.2) is 24.3 Å². The molecule has 0 saturated heterocycles. The van der Waals surface area contributed by atoms with Gasteiger partial charge in [-0.3, -0.25) is 4.79 Å². The van der Waals surface area contributed by atoms with E-state index in [0.717, 1.165) is 0 Å². The van der Waals surface area contributed by atoms with Crippen molar-refractivity contribution in [3.8, 4) is 5.75 Å². The standard InChI is InChI=1S/C13H18F2N2O2/c1-9(17(2)3)8-16-12(18)10-5-4-6-11(7-10)19-13(14)15/h4-7,9,13H,8H2,1-3H3,(H,16,18)/t9-/m0/s1. The van der Waals surface area contributed by atoms with E-state index in [9.17, 15) is 13.6 Å². The Labute approximate surface area is 111 Å². The largest absolute Gasteiger partial charge is 0.435 e. The highest BCUT2D eigenvalue weighted by atomic mass is 19.3. The maximum Gasteiger partial charge on any atom is 0.387 e. The van der Waals surface area contributed by atoms with Gasteiger partial charge in [0.15, 0.2) is 0 Å². The molecule has 0 unspecified atom stereocenters. The van der Waals surface area contributed by atoms with E-state index in [1.807, 2.05) is 25.9 Å². The number of amides is 1. The number of hydrogen-bond acceptors (Lipinski definition) is 3. The van der Waals surface area contributed by atoms with Gasteiger partial charge in [-0.1, -0.05) is 6.07 Å². The summed E-state index contributed by atoms with van der Waals surface area (Å²) in [5.41, 5.74) is 0.295. The molecule has 1 aromatic rings. The average molecular weight is 272 g/mol. The summed E-state index contributed by atoms with van der Waals surface area (Å²) in [7, 11) is 3.82. The molecule has 0 bridgehead atoms. The van der Waals surface area contributed by atoms with Crippen LogP contribution >= 0.6 is 0 Å². The van der Waals surface area contributed by atoms with Crippen LogP contribution in [0.5, 0.6) is 5.75 Å². The molecule has 1 rings (SSSR count). The van der Waals surface area contributed by atoms with Crippen molar-refractivity contribution in [2.45, 2.75) is 19.6 Å². The van der Waals surface area contributed by atoms with E-state index in [-0.39, 0.29) is 17.7 Å². The average Bonchev–Trinajstić information content (AvgIpc) is 2.34. The first-order valence-corrected chi connectivity index (χ1v) is 5.89. The monoisotopic (exact) mass is 272 g/mol. The van der Waals surface area contributed by atoms with Crippen molar-refractivity contribution >= 4 is 5.91 Å². The van der Waals surface area contributed by atoms with Gasteiger partial charge in [0.1, 0.15) is 5.75 Å². The van der Waals surface area contributed by atoms with Gasteiger partial charge >= 0.3 is 6.61 Å². The summed E-state index contributed by atoms with van der Waals surface area (Å²) in [6.07, 6.45) is 0. The summed E-state index contributed by atoms with van der Waals surface area (Å²) in [6.45, 7) is -0.449. The number of nitrogens with one attached hydrogen (secondary N) is 1. The topological polar surface area (TPSA) is 41.6 Å². The zero-order chi connectivity index (χ0) is 14.4. The van der Waals surface area contributed by atoms with Gasteiger partial charge in [0.05, 0.1) is 0 Å². The molecule has 0 fully saturated rings. The van der Waals surface area contributed by atoms with Gasteiger partial charge in [-0.15, -0.1) is 0 Å². The van der Waals surface area contributed by atoms with Crippen LogP contribution in [0.1, 0.15) is 17.3 Å². The van der Waals surface area contributed by atoms with E-state index in [1.165, 1.54) is 18.2 Å². The first-order valence-electron chi connectivity index (χ1n) is 5.89. The molecule has 1 aromatic carbocycles.